The fourth-order valence-electron chi connectivity index (χ4n) is 6.02. The summed E-state index contributed by atoms with van der Waals surface area (Å²) in [6.45, 7) is 11.2. The molecular weight excluding hydrogens is 374 g/mol. The third kappa shape index (κ3) is 3.63. The van der Waals surface area contributed by atoms with Gasteiger partial charge in [0.15, 0.2) is 0 Å². The lowest BCUT2D eigenvalue weighted by atomic mass is 9.77. The first-order valence-corrected chi connectivity index (χ1v) is 11.6. The molecule has 3 amide bonds. The second-order valence-electron chi connectivity index (χ2n) is 9.13. The van der Waals surface area contributed by atoms with Gasteiger partial charge in [0.25, 0.3) is 0 Å². The summed E-state index contributed by atoms with van der Waals surface area (Å²) in [5.41, 5.74) is 1.29. The van der Waals surface area contributed by atoms with Crippen LogP contribution in [0.15, 0.2) is 43.0 Å². The minimum absolute atomic E-state index is 0.0553. The molecule has 162 valence electrons. The van der Waals surface area contributed by atoms with Gasteiger partial charge >= 0.3 is 6.03 Å². The summed E-state index contributed by atoms with van der Waals surface area (Å²) in [5, 5.41) is 0. The third-order valence-corrected chi connectivity index (χ3v) is 7.63. The molecule has 5 atom stereocenters. The van der Waals surface area contributed by atoms with E-state index in [0.29, 0.717) is 19.0 Å². The lowest BCUT2D eigenvalue weighted by molar-refractivity contribution is -0.136. The van der Waals surface area contributed by atoms with Crippen LogP contribution in [-0.2, 0) is 4.79 Å². The van der Waals surface area contributed by atoms with Crippen molar-refractivity contribution in [2.24, 2.45) is 11.8 Å². The molecule has 0 aromatic heterocycles. The molecule has 1 aromatic carbocycles. The quantitative estimate of drug-likeness (QED) is 0.687. The molecule has 2 saturated heterocycles. The Labute approximate surface area is 180 Å². The maximum atomic E-state index is 13.6. The number of amides is 3. The van der Waals surface area contributed by atoms with Crippen LogP contribution >= 0.6 is 0 Å². The molecule has 5 nitrogen and oxygen atoms in total. The van der Waals surface area contributed by atoms with Crippen LogP contribution in [0.25, 0.3) is 0 Å². The van der Waals surface area contributed by atoms with Gasteiger partial charge in [0.1, 0.15) is 0 Å². The van der Waals surface area contributed by atoms with Crippen molar-refractivity contribution in [1.82, 2.24) is 14.7 Å². The Balaban J connectivity index is 1.73. The van der Waals surface area contributed by atoms with Crippen LogP contribution in [0.2, 0.25) is 0 Å². The maximum absolute atomic E-state index is 13.6. The zero-order valence-corrected chi connectivity index (χ0v) is 18.4. The van der Waals surface area contributed by atoms with E-state index in [1.54, 1.807) is 0 Å². The largest absolute Gasteiger partial charge is 0.342 e. The van der Waals surface area contributed by atoms with E-state index >= 15 is 0 Å². The molecule has 1 aliphatic carbocycles. The smallest absolute Gasteiger partial charge is 0.320 e. The van der Waals surface area contributed by atoms with Crippen molar-refractivity contribution in [1.29, 1.82) is 0 Å². The van der Waals surface area contributed by atoms with E-state index in [1.807, 2.05) is 21.9 Å². The molecule has 5 heteroatoms. The van der Waals surface area contributed by atoms with Gasteiger partial charge in [-0.05, 0) is 50.0 Å². The molecule has 3 aliphatic rings. The number of urea groups is 1. The molecular formula is C25H35N3O2. The van der Waals surface area contributed by atoms with Crippen LogP contribution in [-0.4, -0.2) is 64.9 Å². The fraction of sp³-hybridized carbons (Fsp3) is 0.600. The Morgan fingerprint density at radius 1 is 1.10 bits per heavy atom. The first kappa shape index (κ1) is 21.0. The van der Waals surface area contributed by atoms with Gasteiger partial charge in [0.2, 0.25) is 5.91 Å². The van der Waals surface area contributed by atoms with E-state index in [4.69, 9.17) is 0 Å². The molecule has 0 radical (unpaired) electrons. The molecule has 1 saturated carbocycles. The number of hydrogen-bond donors (Lipinski definition) is 0. The lowest BCUT2D eigenvalue weighted by Crippen LogP contribution is -2.42. The Bertz CT molecular complexity index is 774. The van der Waals surface area contributed by atoms with Crippen LogP contribution in [0.4, 0.5) is 4.79 Å². The highest BCUT2D eigenvalue weighted by atomic mass is 16.2. The predicted molar refractivity (Wildman–Crippen MR) is 119 cm³/mol. The molecule has 3 fully saturated rings. The van der Waals surface area contributed by atoms with Gasteiger partial charge in [-0.25, -0.2) is 4.79 Å². The topological polar surface area (TPSA) is 43.9 Å². The van der Waals surface area contributed by atoms with Crippen LogP contribution in [0, 0.1) is 11.8 Å². The number of likely N-dealkylation sites (N-methyl/N-ethyl adjacent to an activating group) is 1. The van der Waals surface area contributed by atoms with Crippen LogP contribution in [0.3, 0.4) is 0 Å². The third-order valence-electron chi connectivity index (χ3n) is 7.63. The molecule has 0 bridgehead atoms. The Morgan fingerprint density at radius 2 is 1.77 bits per heavy atom. The maximum Gasteiger partial charge on any atom is 0.320 e. The summed E-state index contributed by atoms with van der Waals surface area (Å²) >= 11 is 0. The number of nitrogens with zero attached hydrogens (tertiary/aromatic N) is 3. The number of likely N-dealkylation sites (tertiary alicyclic amines) is 1. The monoisotopic (exact) mass is 409 g/mol. The number of rotatable bonds is 5. The minimum Gasteiger partial charge on any atom is -0.342 e. The van der Waals surface area contributed by atoms with Gasteiger partial charge in [-0.15, -0.1) is 6.58 Å². The molecule has 30 heavy (non-hydrogen) atoms. The van der Waals surface area contributed by atoms with Crippen molar-refractivity contribution in [2.75, 3.05) is 26.2 Å². The van der Waals surface area contributed by atoms with E-state index < -0.39 is 0 Å². The summed E-state index contributed by atoms with van der Waals surface area (Å²) < 4.78 is 0. The highest BCUT2D eigenvalue weighted by Crippen LogP contribution is 2.45. The van der Waals surface area contributed by atoms with E-state index in [0.717, 1.165) is 38.8 Å². The van der Waals surface area contributed by atoms with Crippen molar-refractivity contribution in [2.45, 2.75) is 57.5 Å². The molecule has 0 spiro atoms. The number of carbonyl (C=O) groups excluding carboxylic acids is 2. The molecule has 1 aromatic rings. The van der Waals surface area contributed by atoms with E-state index in [9.17, 15) is 9.59 Å². The zero-order valence-electron chi connectivity index (χ0n) is 18.4. The van der Waals surface area contributed by atoms with Crippen molar-refractivity contribution >= 4 is 11.9 Å². The van der Waals surface area contributed by atoms with Gasteiger partial charge in [0.05, 0.1) is 12.1 Å². The zero-order chi connectivity index (χ0) is 21.3. The number of carbonyl (C=O) groups is 2. The molecule has 0 unspecified atom stereocenters. The second kappa shape index (κ2) is 8.83. The Kier molecular flexibility index (Phi) is 6.16. The van der Waals surface area contributed by atoms with E-state index in [1.165, 1.54) is 5.56 Å². The first-order valence-electron chi connectivity index (χ1n) is 11.6. The standard InChI is InChI=1S/C25H35N3O2/c1-4-13-28-23-17-21(24(29)26-14-9-10-15-26)18(3)20(19-11-7-6-8-12-19)16-22(23)27(5-2)25(28)30/h4,6-8,11-12,18,20-23H,1,5,9-10,13-17H2,2-3H3/t18-,20-,21+,22+,23-/m1/s1. The van der Waals surface area contributed by atoms with Crippen molar-refractivity contribution in [3.8, 4) is 0 Å². The lowest BCUT2D eigenvalue weighted by Gasteiger charge is -2.33. The minimum atomic E-state index is -0.0553. The first-order chi connectivity index (χ1) is 14.6. The van der Waals surface area contributed by atoms with Crippen LogP contribution in [0.1, 0.15) is 51.0 Å². The average Bonchev–Trinajstić information content (AvgIpc) is 3.34. The highest BCUT2D eigenvalue weighted by molar-refractivity contribution is 5.81. The van der Waals surface area contributed by atoms with Gasteiger partial charge in [-0.3, -0.25) is 4.79 Å². The van der Waals surface area contributed by atoms with Gasteiger partial charge in [-0.2, -0.15) is 0 Å². The van der Waals surface area contributed by atoms with Crippen molar-refractivity contribution < 1.29 is 9.59 Å². The summed E-state index contributed by atoms with van der Waals surface area (Å²) in [7, 11) is 0. The van der Waals surface area contributed by atoms with Crippen molar-refractivity contribution in [3.05, 3.63) is 48.6 Å². The molecule has 2 aliphatic heterocycles. The normalized spacial score (nSPS) is 31.6. The Morgan fingerprint density at radius 3 is 2.40 bits per heavy atom. The van der Waals surface area contributed by atoms with Gasteiger partial charge < -0.3 is 14.7 Å². The molecule has 2 heterocycles. The predicted octanol–water partition coefficient (Wildman–Crippen LogP) is 4.12. The summed E-state index contributed by atoms with van der Waals surface area (Å²) in [5.74, 6) is 0.747. The van der Waals surface area contributed by atoms with E-state index in [-0.39, 0.29) is 35.9 Å². The van der Waals surface area contributed by atoms with Crippen LogP contribution < -0.4 is 0 Å². The number of fused-ring (bicyclic) bond motifs is 1. The summed E-state index contributed by atoms with van der Waals surface area (Å²) in [4.78, 5) is 32.8. The van der Waals surface area contributed by atoms with Gasteiger partial charge in [0, 0.05) is 32.1 Å². The fourth-order valence-corrected chi connectivity index (χ4v) is 6.02. The number of hydrogen-bond acceptors (Lipinski definition) is 2. The van der Waals surface area contributed by atoms with Crippen LogP contribution in [0.5, 0.6) is 0 Å². The summed E-state index contributed by atoms with van der Waals surface area (Å²) in [6.07, 6.45) is 5.68. The molecule has 4 rings (SSSR count). The number of benzene rings is 1. The van der Waals surface area contributed by atoms with Gasteiger partial charge in [-0.1, -0.05) is 43.3 Å². The van der Waals surface area contributed by atoms with Crippen molar-refractivity contribution in [3.63, 3.8) is 0 Å². The highest BCUT2D eigenvalue weighted by Gasteiger charge is 2.51. The summed E-state index contributed by atoms with van der Waals surface area (Å²) in [6, 6.07) is 10.9. The molecule has 0 N–H and O–H groups in total. The second-order valence-corrected chi connectivity index (χ2v) is 9.13. The van der Waals surface area contributed by atoms with E-state index in [2.05, 4.69) is 49.6 Å². The Hall–Kier alpha value is -2.30. The SMILES string of the molecule is C=CCN1C(=O)N(CC)[C@H]2C[C@@H](c3ccccc3)[C@@H](C)[C@@H](C(=O)N3CCCC3)C[C@H]21. The average molecular weight is 410 g/mol.